The van der Waals surface area contributed by atoms with Crippen LogP contribution in [0.1, 0.15) is 12.6 Å². The highest BCUT2D eigenvalue weighted by Gasteiger charge is 2.07. The fourth-order valence-corrected chi connectivity index (χ4v) is 1.86. The lowest BCUT2D eigenvalue weighted by Crippen LogP contribution is -2.05. The van der Waals surface area contributed by atoms with Crippen molar-refractivity contribution >= 4 is 10.9 Å². The van der Waals surface area contributed by atoms with Gasteiger partial charge in [0.05, 0.1) is 5.52 Å². The molecule has 1 aromatic heterocycles. The number of halogens is 1. The topological polar surface area (TPSA) is 40.2 Å². The number of nitrogens with two attached hydrogens (primary N) is 1. The zero-order chi connectivity index (χ0) is 10.8. The molecule has 0 bridgehead atoms. The molecule has 0 aliphatic rings. The SMILES string of the molecule is CCn1c(CON)cc2ccc(F)cc21. The van der Waals surface area contributed by atoms with E-state index in [0.717, 1.165) is 23.1 Å². The van der Waals surface area contributed by atoms with Gasteiger partial charge in [-0.3, -0.25) is 4.84 Å². The van der Waals surface area contributed by atoms with Crippen molar-refractivity contribution in [3.05, 3.63) is 35.8 Å². The summed E-state index contributed by atoms with van der Waals surface area (Å²) in [5.74, 6) is 4.82. The molecule has 0 fully saturated rings. The molecule has 2 rings (SSSR count). The van der Waals surface area contributed by atoms with Crippen LogP contribution in [-0.2, 0) is 18.0 Å². The molecule has 2 N–H and O–H groups in total. The van der Waals surface area contributed by atoms with E-state index < -0.39 is 0 Å². The Labute approximate surface area is 87.2 Å². The fourth-order valence-electron chi connectivity index (χ4n) is 1.86. The average Bonchev–Trinajstić information content (AvgIpc) is 2.55. The molecule has 0 radical (unpaired) electrons. The van der Waals surface area contributed by atoms with Gasteiger partial charge in [-0.15, -0.1) is 0 Å². The molecule has 1 heterocycles. The summed E-state index contributed by atoms with van der Waals surface area (Å²) in [6.07, 6.45) is 0. The van der Waals surface area contributed by atoms with Crippen LogP contribution in [0, 0.1) is 5.82 Å². The van der Waals surface area contributed by atoms with Crippen LogP contribution in [0.25, 0.3) is 10.9 Å². The summed E-state index contributed by atoms with van der Waals surface area (Å²) in [4.78, 5) is 4.62. The van der Waals surface area contributed by atoms with Crippen LogP contribution < -0.4 is 5.90 Å². The minimum absolute atomic E-state index is 0.226. The third kappa shape index (κ3) is 1.73. The highest BCUT2D eigenvalue weighted by Crippen LogP contribution is 2.21. The van der Waals surface area contributed by atoms with Crippen molar-refractivity contribution in [1.29, 1.82) is 0 Å². The Hall–Kier alpha value is -1.39. The predicted octanol–water partition coefficient (Wildman–Crippen LogP) is 2.19. The number of hydrogen-bond acceptors (Lipinski definition) is 2. The molecule has 0 saturated carbocycles. The predicted molar refractivity (Wildman–Crippen MR) is 56.5 cm³/mol. The molecule has 3 nitrogen and oxygen atoms in total. The lowest BCUT2D eigenvalue weighted by molar-refractivity contribution is 0.119. The highest BCUT2D eigenvalue weighted by atomic mass is 19.1. The number of benzene rings is 1. The Morgan fingerprint density at radius 1 is 1.40 bits per heavy atom. The first-order valence-electron chi connectivity index (χ1n) is 4.85. The molecule has 15 heavy (non-hydrogen) atoms. The maximum absolute atomic E-state index is 13.1. The van der Waals surface area contributed by atoms with Crippen LogP contribution in [0.5, 0.6) is 0 Å². The number of nitrogens with zero attached hydrogens (tertiary/aromatic N) is 1. The number of fused-ring (bicyclic) bond motifs is 1. The van der Waals surface area contributed by atoms with Gasteiger partial charge in [-0.25, -0.2) is 10.3 Å². The molecule has 0 atom stereocenters. The Bertz CT molecular complexity index is 479. The molecule has 1 aromatic carbocycles. The first-order valence-corrected chi connectivity index (χ1v) is 4.85. The normalized spacial score (nSPS) is 11.1. The molecular formula is C11H13FN2O. The van der Waals surface area contributed by atoms with Crippen LogP contribution in [-0.4, -0.2) is 4.57 Å². The van der Waals surface area contributed by atoms with Gasteiger partial charge in [-0.2, -0.15) is 0 Å². The molecule has 0 saturated heterocycles. The van der Waals surface area contributed by atoms with Crippen molar-refractivity contribution in [3.63, 3.8) is 0 Å². The van der Waals surface area contributed by atoms with Crippen molar-refractivity contribution in [2.24, 2.45) is 5.90 Å². The minimum atomic E-state index is -0.226. The first-order chi connectivity index (χ1) is 7.26. The monoisotopic (exact) mass is 208 g/mol. The van der Waals surface area contributed by atoms with Gasteiger partial charge in [0.1, 0.15) is 12.4 Å². The van der Waals surface area contributed by atoms with E-state index in [1.165, 1.54) is 12.1 Å². The van der Waals surface area contributed by atoms with Crippen LogP contribution in [0.3, 0.4) is 0 Å². The number of rotatable bonds is 3. The number of aromatic nitrogens is 1. The molecule has 2 aromatic rings. The van der Waals surface area contributed by atoms with Gasteiger partial charge in [-0.05, 0) is 31.2 Å². The molecule has 80 valence electrons. The van der Waals surface area contributed by atoms with E-state index in [4.69, 9.17) is 5.90 Å². The van der Waals surface area contributed by atoms with E-state index in [1.54, 1.807) is 6.07 Å². The summed E-state index contributed by atoms with van der Waals surface area (Å²) in [7, 11) is 0. The summed E-state index contributed by atoms with van der Waals surface area (Å²) in [6, 6.07) is 6.70. The van der Waals surface area contributed by atoms with Gasteiger partial charge in [-0.1, -0.05) is 0 Å². The smallest absolute Gasteiger partial charge is 0.125 e. The van der Waals surface area contributed by atoms with Crippen molar-refractivity contribution in [2.45, 2.75) is 20.1 Å². The van der Waals surface area contributed by atoms with Crippen LogP contribution >= 0.6 is 0 Å². The lowest BCUT2D eigenvalue weighted by atomic mass is 10.2. The van der Waals surface area contributed by atoms with E-state index in [2.05, 4.69) is 4.84 Å². The van der Waals surface area contributed by atoms with E-state index >= 15 is 0 Å². The van der Waals surface area contributed by atoms with Crippen molar-refractivity contribution in [2.75, 3.05) is 0 Å². The standard InChI is InChI=1S/C11H13FN2O/c1-2-14-10(7-15-13)5-8-3-4-9(12)6-11(8)14/h3-6H,2,7,13H2,1H3. The van der Waals surface area contributed by atoms with Gasteiger partial charge in [0.25, 0.3) is 0 Å². The third-order valence-corrected chi connectivity index (χ3v) is 2.50. The molecule has 0 spiro atoms. The molecule has 0 unspecified atom stereocenters. The molecular weight excluding hydrogens is 195 g/mol. The maximum atomic E-state index is 13.1. The first kappa shape index (κ1) is 10.1. The van der Waals surface area contributed by atoms with E-state index in [-0.39, 0.29) is 5.82 Å². The van der Waals surface area contributed by atoms with Crippen LogP contribution in [0.2, 0.25) is 0 Å². The third-order valence-electron chi connectivity index (χ3n) is 2.50. The quantitative estimate of drug-likeness (QED) is 0.785. The minimum Gasteiger partial charge on any atom is -0.343 e. The zero-order valence-corrected chi connectivity index (χ0v) is 8.53. The molecule has 4 heteroatoms. The Morgan fingerprint density at radius 2 is 2.20 bits per heavy atom. The summed E-state index contributed by atoms with van der Waals surface area (Å²) < 4.78 is 15.1. The van der Waals surface area contributed by atoms with Gasteiger partial charge >= 0.3 is 0 Å². The second kappa shape index (κ2) is 4.00. The van der Waals surface area contributed by atoms with Crippen molar-refractivity contribution in [1.82, 2.24) is 4.57 Å². The lowest BCUT2D eigenvalue weighted by Gasteiger charge is -2.06. The molecule has 0 aliphatic heterocycles. The summed E-state index contributed by atoms with van der Waals surface area (Å²) in [5.41, 5.74) is 1.84. The maximum Gasteiger partial charge on any atom is 0.125 e. The van der Waals surface area contributed by atoms with Crippen LogP contribution in [0.15, 0.2) is 24.3 Å². The van der Waals surface area contributed by atoms with Crippen LogP contribution in [0.4, 0.5) is 4.39 Å². The summed E-state index contributed by atoms with van der Waals surface area (Å²) in [5, 5.41) is 1.00. The van der Waals surface area contributed by atoms with E-state index in [0.29, 0.717) is 6.61 Å². The molecule has 0 amide bonds. The van der Waals surface area contributed by atoms with Crippen molar-refractivity contribution in [3.8, 4) is 0 Å². The molecule has 0 aliphatic carbocycles. The number of aryl methyl sites for hydroxylation is 1. The second-order valence-corrected chi connectivity index (χ2v) is 3.39. The van der Waals surface area contributed by atoms with Gasteiger partial charge < -0.3 is 4.57 Å². The number of hydrogen-bond donors (Lipinski definition) is 1. The Kier molecular flexibility index (Phi) is 2.70. The van der Waals surface area contributed by atoms with Gasteiger partial charge in [0, 0.05) is 17.6 Å². The fraction of sp³-hybridized carbons (Fsp3) is 0.273. The van der Waals surface area contributed by atoms with Crippen molar-refractivity contribution < 1.29 is 9.23 Å². The van der Waals surface area contributed by atoms with E-state index in [9.17, 15) is 4.39 Å². The Morgan fingerprint density at radius 3 is 2.87 bits per heavy atom. The average molecular weight is 208 g/mol. The van der Waals surface area contributed by atoms with Gasteiger partial charge in [0.2, 0.25) is 0 Å². The summed E-state index contributed by atoms with van der Waals surface area (Å²) in [6.45, 7) is 3.11. The van der Waals surface area contributed by atoms with Gasteiger partial charge in [0.15, 0.2) is 0 Å². The highest BCUT2D eigenvalue weighted by molar-refractivity contribution is 5.81. The Balaban J connectivity index is 2.63. The largest absolute Gasteiger partial charge is 0.343 e. The summed E-state index contributed by atoms with van der Waals surface area (Å²) >= 11 is 0. The van der Waals surface area contributed by atoms with E-state index in [1.807, 2.05) is 17.6 Å². The second-order valence-electron chi connectivity index (χ2n) is 3.39. The zero-order valence-electron chi connectivity index (χ0n) is 8.53.